The highest BCUT2D eigenvalue weighted by Crippen LogP contribution is 2.32. The van der Waals surface area contributed by atoms with Crippen molar-refractivity contribution in [3.8, 4) is 0 Å². The van der Waals surface area contributed by atoms with E-state index in [1.807, 2.05) is 0 Å². The number of aryl methyl sites for hydroxylation is 1. The summed E-state index contributed by atoms with van der Waals surface area (Å²) in [6.45, 7) is 17.3. The van der Waals surface area contributed by atoms with Gasteiger partial charge in [-0.15, -0.1) is 0 Å². The molecule has 0 aliphatic carbocycles. The minimum atomic E-state index is -3.70. The molecule has 0 atom stereocenters. The summed E-state index contributed by atoms with van der Waals surface area (Å²) in [5.41, 5.74) is 1.70. The van der Waals surface area contributed by atoms with Crippen molar-refractivity contribution in [1.29, 1.82) is 0 Å². The molecule has 2 aromatic rings. The van der Waals surface area contributed by atoms with Crippen LogP contribution in [0.5, 0.6) is 0 Å². The molecule has 0 saturated carbocycles. The van der Waals surface area contributed by atoms with E-state index < -0.39 is 9.84 Å². The van der Waals surface area contributed by atoms with Crippen molar-refractivity contribution in [3.05, 3.63) is 70.4 Å². The number of nitrogens with zero attached hydrogens (tertiary/aromatic N) is 2. The lowest BCUT2D eigenvalue weighted by Gasteiger charge is -2.11. The first-order valence-electron chi connectivity index (χ1n) is 6.12. The molecule has 0 N–H and O–H groups in total. The summed E-state index contributed by atoms with van der Waals surface area (Å²) in [4.78, 5) is 6.92. The van der Waals surface area contributed by atoms with Crippen molar-refractivity contribution in [2.45, 2.75) is 23.6 Å². The summed E-state index contributed by atoms with van der Waals surface area (Å²) >= 11 is 0. The Morgan fingerprint density at radius 3 is 2.24 bits per heavy atom. The van der Waals surface area contributed by atoms with Crippen molar-refractivity contribution in [1.82, 2.24) is 0 Å². The Bertz CT molecular complexity index is 901. The monoisotopic (exact) mass is 296 g/mol. The van der Waals surface area contributed by atoms with E-state index in [4.69, 9.17) is 13.1 Å². The molecule has 0 aliphatic heterocycles. The minimum Gasteiger partial charge on any atom is -0.238 e. The molecule has 0 aromatic heterocycles. The molecule has 0 aliphatic rings. The fourth-order valence-electron chi connectivity index (χ4n) is 2.14. The van der Waals surface area contributed by atoms with Crippen molar-refractivity contribution in [2.24, 2.45) is 0 Å². The molecule has 21 heavy (non-hydrogen) atoms. The molecule has 5 heteroatoms. The molecule has 104 valence electrons. The summed E-state index contributed by atoms with van der Waals surface area (Å²) in [6.07, 6.45) is 0. The molecule has 0 radical (unpaired) electrons. The van der Waals surface area contributed by atoms with Gasteiger partial charge in [-0.2, -0.15) is 0 Å². The Balaban J connectivity index is 2.70. The average Bonchev–Trinajstić information content (AvgIpc) is 2.46. The third kappa shape index (κ3) is 2.52. The first kappa shape index (κ1) is 14.8. The highest BCUT2D eigenvalue weighted by molar-refractivity contribution is 7.91. The van der Waals surface area contributed by atoms with Gasteiger partial charge in [-0.1, -0.05) is 30.3 Å². The van der Waals surface area contributed by atoms with Crippen LogP contribution >= 0.6 is 0 Å². The summed E-state index contributed by atoms with van der Waals surface area (Å²) in [7, 11) is -3.70. The van der Waals surface area contributed by atoms with Crippen LogP contribution < -0.4 is 0 Å². The Morgan fingerprint density at radius 2 is 1.67 bits per heavy atom. The molecule has 0 amide bonds. The van der Waals surface area contributed by atoms with E-state index in [-0.39, 0.29) is 9.79 Å². The number of benzene rings is 2. The maximum atomic E-state index is 12.8. The third-order valence-corrected chi connectivity index (χ3v) is 5.30. The minimum absolute atomic E-state index is 0.134. The van der Waals surface area contributed by atoms with Crippen LogP contribution in [0.1, 0.15) is 11.1 Å². The van der Waals surface area contributed by atoms with E-state index in [0.717, 1.165) is 0 Å². The van der Waals surface area contributed by atoms with Gasteiger partial charge in [0.15, 0.2) is 11.4 Å². The lowest BCUT2D eigenvalue weighted by Crippen LogP contribution is -2.05. The molecular weight excluding hydrogens is 284 g/mol. The Kier molecular flexibility index (Phi) is 3.80. The quantitative estimate of drug-likeness (QED) is 0.778. The summed E-state index contributed by atoms with van der Waals surface area (Å²) in [5.74, 6) is 0. The zero-order chi connectivity index (χ0) is 15.6. The van der Waals surface area contributed by atoms with Gasteiger partial charge in [-0.3, -0.25) is 0 Å². The van der Waals surface area contributed by atoms with Crippen LogP contribution in [0.2, 0.25) is 0 Å². The van der Waals surface area contributed by atoms with Gasteiger partial charge in [0.2, 0.25) is 9.84 Å². The molecule has 0 fully saturated rings. The van der Waals surface area contributed by atoms with Gasteiger partial charge in [0.05, 0.1) is 22.9 Å². The molecule has 2 aromatic carbocycles. The van der Waals surface area contributed by atoms with E-state index in [9.17, 15) is 8.42 Å². The summed E-state index contributed by atoms with van der Waals surface area (Å²) in [5, 5.41) is 0. The maximum Gasteiger partial charge on any atom is 0.205 e. The van der Waals surface area contributed by atoms with Crippen molar-refractivity contribution in [2.75, 3.05) is 0 Å². The lowest BCUT2D eigenvalue weighted by molar-refractivity contribution is 0.595. The summed E-state index contributed by atoms with van der Waals surface area (Å²) in [6, 6.07) is 9.14. The Morgan fingerprint density at radius 1 is 0.952 bits per heavy atom. The normalized spacial score (nSPS) is 10.7. The number of hydrogen-bond donors (Lipinski definition) is 0. The van der Waals surface area contributed by atoms with Gasteiger partial charge in [-0.05, 0) is 31.0 Å². The zero-order valence-corrected chi connectivity index (χ0v) is 12.4. The number of sulfone groups is 1. The van der Waals surface area contributed by atoms with Crippen LogP contribution in [0.15, 0.2) is 46.2 Å². The van der Waals surface area contributed by atoms with Crippen LogP contribution in [0.25, 0.3) is 9.69 Å². The first-order valence-corrected chi connectivity index (χ1v) is 7.60. The van der Waals surface area contributed by atoms with Gasteiger partial charge in [-0.25, -0.2) is 18.1 Å². The largest absolute Gasteiger partial charge is 0.238 e. The van der Waals surface area contributed by atoms with E-state index in [0.29, 0.717) is 22.5 Å². The predicted octanol–water partition coefficient (Wildman–Crippen LogP) is 4.24. The van der Waals surface area contributed by atoms with Gasteiger partial charge in [0, 0.05) is 0 Å². The van der Waals surface area contributed by atoms with Crippen LogP contribution in [-0.4, -0.2) is 8.42 Å². The van der Waals surface area contributed by atoms with E-state index in [2.05, 4.69) is 9.69 Å². The molecule has 0 unspecified atom stereocenters. The van der Waals surface area contributed by atoms with Crippen LogP contribution in [0, 0.1) is 27.0 Å². The van der Waals surface area contributed by atoms with Crippen LogP contribution in [0.4, 0.5) is 11.4 Å². The van der Waals surface area contributed by atoms with Crippen LogP contribution in [0.3, 0.4) is 0 Å². The molecule has 0 heterocycles. The Hall–Kier alpha value is -2.63. The second-order valence-corrected chi connectivity index (χ2v) is 6.46. The number of hydrogen-bond acceptors (Lipinski definition) is 2. The summed E-state index contributed by atoms with van der Waals surface area (Å²) < 4.78 is 25.5. The highest BCUT2D eigenvalue weighted by atomic mass is 32.2. The standard InChI is InChI=1S/C16H12N2O2S/c1-11-10-13(17-3)8-9-15(11)21(19,20)16-7-5-6-14(18-4)12(16)2/h5-10H,1-2H3. The molecule has 4 nitrogen and oxygen atoms in total. The van der Waals surface area contributed by atoms with Crippen molar-refractivity contribution < 1.29 is 8.42 Å². The highest BCUT2D eigenvalue weighted by Gasteiger charge is 2.22. The van der Waals surface area contributed by atoms with E-state index in [1.165, 1.54) is 18.2 Å². The average molecular weight is 296 g/mol. The van der Waals surface area contributed by atoms with Gasteiger partial charge in [0.25, 0.3) is 0 Å². The molecule has 0 bridgehead atoms. The third-order valence-electron chi connectivity index (χ3n) is 3.24. The SMILES string of the molecule is [C-]#[N+]c1ccc(S(=O)(=O)c2cccc([N+]#[C-])c2C)c(C)c1. The molecule has 0 spiro atoms. The Labute approximate surface area is 124 Å². The second-order valence-electron chi connectivity index (χ2n) is 4.58. The van der Waals surface area contributed by atoms with Crippen molar-refractivity contribution in [3.63, 3.8) is 0 Å². The number of rotatable bonds is 2. The zero-order valence-electron chi connectivity index (χ0n) is 11.6. The maximum absolute atomic E-state index is 12.8. The van der Waals surface area contributed by atoms with Gasteiger partial charge < -0.3 is 0 Å². The lowest BCUT2D eigenvalue weighted by atomic mass is 10.2. The molecule has 2 rings (SSSR count). The fourth-order valence-corrected chi connectivity index (χ4v) is 3.87. The van der Waals surface area contributed by atoms with Gasteiger partial charge >= 0.3 is 0 Å². The first-order chi connectivity index (χ1) is 9.91. The van der Waals surface area contributed by atoms with E-state index in [1.54, 1.807) is 32.0 Å². The van der Waals surface area contributed by atoms with E-state index >= 15 is 0 Å². The van der Waals surface area contributed by atoms with Crippen molar-refractivity contribution >= 4 is 21.2 Å². The predicted molar refractivity (Wildman–Crippen MR) is 80.3 cm³/mol. The smallest absolute Gasteiger partial charge is 0.205 e. The molecular formula is C16H12N2O2S. The molecule has 0 saturated heterocycles. The fraction of sp³-hybridized carbons (Fsp3) is 0.125. The van der Waals surface area contributed by atoms with Gasteiger partial charge in [0.1, 0.15) is 0 Å². The topological polar surface area (TPSA) is 42.9 Å². The second kappa shape index (κ2) is 5.40. The van der Waals surface area contributed by atoms with Crippen LogP contribution in [-0.2, 0) is 9.84 Å².